The number of benzene rings is 1. The number of carboxylic acid groups (broad SMARTS) is 1. The highest BCUT2D eigenvalue weighted by Crippen LogP contribution is 2.11. The molecule has 0 fully saturated rings. The zero-order valence-electron chi connectivity index (χ0n) is 11.4. The molecule has 6 nitrogen and oxygen atoms in total. The van der Waals surface area contributed by atoms with E-state index in [0.29, 0.717) is 6.54 Å². The van der Waals surface area contributed by atoms with Gasteiger partial charge in [0.2, 0.25) is 5.91 Å². The average molecular weight is 280 g/mol. The van der Waals surface area contributed by atoms with Crippen molar-refractivity contribution in [2.75, 3.05) is 13.1 Å². The van der Waals surface area contributed by atoms with Crippen LogP contribution in [0.5, 0.6) is 5.75 Å². The van der Waals surface area contributed by atoms with Crippen LogP contribution in [0.4, 0.5) is 0 Å². The third kappa shape index (κ3) is 5.71. The minimum absolute atomic E-state index is 0.104. The number of carbonyl (C=O) groups is 2. The summed E-state index contributed by atoms with van der Waals surface area (Å²) in [5.41, 5.74) is 0.733. The molecule has 110 valence electrons. The van der Waals surface area contributed by atoms with E-state index in [1.165, 1.54) is 12.1 Å². The molecule has 1 rings (SSSR count). The highest BCUT2D eigenvalue weighted by molar-refractivity contribution is 5.84. The quantitative estimate of drug-likeness (QED) is 0.520. The maximum Gasteiger partial charge on any atom is 0.326 e. The second-order valence-corrected chi connectivity index (χ2v) is 4.51. The Bertz CT molecular complexity index is 445. The van der Waals surface area contributed by atoms with E-state index in [2.05, 4.69) is 10.6 Å². The Morgan fingerprint density at radius 2 is 1.90 bits per heavy atom. The van der Waals surface area contributed by atoms with E-state index in [4.69, 9.17) is 5.11 Å². The largest absolute Gasteiger partial charge is 0.508 e. The summed E-state index contributed by atoms with van der Waals surface area (Å²) < 4.78 is 0. The van der Waals surface area contributed by atoms with Crippen molar-refractivity contribution in [2.45, 2.75) is 25.8 Å². The summed E-state index contributed by atoms with van der Waals surface area (Å²) in [6, 6.07) is 5.26. The number of carbonyl (C=O) groups excluding carboxylic acids is 1. The Morgan fingerprint density at radius 1 is 1.25 bits per heavy atom. The van der Waals surface area contributed by atoms with E-state index >= 15 is 0 Å². The van der Waals surface area contributed by atoms with Gasteiger partial charge in [-0.3, -0.25) is 4.79 Å². The number of hydrogen-bond acceptors (Lipinski definition) is 4. The third-order valence-corrected chi connectivity index (χ3v) is 2.72. The Kier molecular flexibility index (Phi) is 6.52. The average Bonchev–Trinajstić information content (AvgIpc) is 2.40. The van der Waals surface area contributed by atoms with Gasteiger partial charge in [-0.15, -0.1) is 0 Å². The molecule has 1 aromatic carbocycles. The smallest absolute Gasteiger partial charge is 0.326 e. The number of aliphatic carboxylic acids is 1. The van der Waals surface area contributed by atoms with E-state index in [-0.39, 0.29) is 24.6 Å². The van der Waals surface area contributed by atoms with Gasteiger partial charge in [-0.2, -0.15) is 0 Å². The van der Waals surface area contributed by atoms with Crippen LogP contribution in [-0.2, 0) is 16.0 Å². The van der Waals surface area contributed by atoms with Gasteiger partial charge < -0.3 is 20.8 Å². The van der Waals surface area contributed by atoms with Gasteiger partial charge in [-0.05, 0) is 30.7 Å². The molecule has 0 unspecified atom stereocenters. The molecule has 0 saturated heterocycles. The molecule has 0 aliphatic carbocycles. The molecule has 1 aromatic rings. The summed E-state index contributed by atoms with van der Waals surface area (Å²) in [5, 5.41) is 23.7. The molecular weight excluding hydrogens is 260 g/mol. The van der Waals surface area contributed by atoms with Crippen molar-refractivity contribution in [1.82, 2.24) is 10.6 Å². The van der Waals surface area contributed by atoms with Gasteiger partial charge in [-0.1, -0.05) is 19.1 Å². The molecule has 0 aliphatic rings. The van der Waals surface area contributed by atoms with Gasteiger partial charge in [0.1, 0.15) is 11.8 Å². The number of amides is 1. The first-order valence-corrected chi connectivity index (χ1v) is 6.53. The molecule has 4 N–H and O–H groups in total. The van der Waals surface area contributed by atoms with Gasteiger partial charge in [0.05, 0.1) is 6.54 Å². The fraction of sp³-hybridized carbons (Fsp3) is 0.429. The number of phenolic OH excluding ortho intramolecular Hbond substituents is 1. The predicted molar refractivity (Wildman–Crippen MR) is 74.5 cm³/mol. The number of phenols is 1. The summed E-state index contributed by atoms with van der Waals surface area (Å²) in [4.78, 5) is 22.8. The first-order chi connectivity index (χ1) is 9.52. The summed E-state index contributed by atoms with van der Waals surface area (Å²) >= 11 is 0. The maximum atomic E-state index is 11.6. The van der Waals surface area contributed by atoms with Crippen LogP contribution in [0.1, 0.15) is 18.9 Å². The Balaban J connectivity index is 2.54. The summed E-state index contributed by atoms with van der Waals surface area (Å²) in [7, 11) is 0. The van der Waals surface area contributed by atoms with Crippen LogP contribution < -0.4 is 10.6 Å². The lowest BCUT2D eigenvalue weighted by Gasteiger charge is -2.15. The van der Waals surface area contributed by atoms with Crippen LogP contribution in [0.3, 0.4) is 0 Å². The zero-order chi connectivity index (χ0) is 15.0. The Hall–Kier alpha value is -2.08. The van der Waals surface area contributed by atoms with Gasteiger partial charge in [0.25, 0.3) is 0 Å². The SMILES string of the molecule is CCCNCC(=O)N[C@@H](Cc1ccc(O)cc1)C(=O)O. The minimum atomic E-state index is -1.08. The first-order valence-electron chi connectivity index (χ1n) is 6.53. The van der Waals surface area contributed by atoms with Crippen LogP contribution in [0.25, 0.3) is 0 Å². The second-order valence-electron chi connectivity index (χ2n) is 4.51. The van der Waals surface area contributed by atoms with Crippen molar-refractivity contribution in [3.63, 3.8) is 0 Å². The minimum Gasteiger partial charge on any atom is -0.508 e. The van der Waals surface area contributed by atoms with Crippen molar-refractivity contribution in [3.05, 3.63) is 29.8 Å². The second kappa shape index (κ2) is 8.16. The topological polar surface area (TPSA) is 98.7 Å². The van der Waals surface area contributed by atoms with Gasteiger partial charge in [0, 0.05) is 6.42 Å². The van der Waals surface area contributed by atoms with E-state index in [1.54, 1.807) is 12.1 Å². The lowest BCUT2D eigenvalue weighted by atomic mass is 10.1. The van der Waals surface area contributed by atoms with Crippen LogP contribution in [0.2, 0.25) is 0 Å². The number of carboxylic acids is 1. The Labute approximate surface area is 117 Å². The molecule has 6 heteroatoms. The molecule has 1 amide bonds. The molecule has 0 radical (unpaired) electrons. The van der Waals surface area contributed by atoms with E-state index in [1.807, 2.05) is 6.92 Å². The fourth-order valence-electron chi connectivity index (χ4n) is 1.69. The molecule has 20 heavy (non-hydrogen) atoms. The van der Waals surface area contributed by atoms with E-state index in [9.17, 15) is 14.7 Å². The van der Waals surface area contributed by atoms with Gasteiger partial charge in [-0.25, -0.2) is 4.79 Å². The molecule has 0 aliphatic heterocycles. The highest BCUT2D eigenvalue weighted by Gasteiger charge is 2.20. The fourth-order valence-corrected chi connectivity index (χ4v) is 1.69. The standard InChI is InChI=1S/C14H20N2O4/c1-2-7-15-9-13(18)16-12(14(19)20)8-10-3-5-11(17)6-4-10/h3-6,12,15,17H,2,7-9H2,1H3,(H,16,18)(H,19,20)/t12-/m0/s1. The zero-order valence-corrected chi connectivity index (χ0v) is 11.4. The molecule has 1 atom stereocenters. The number of hydrogen-bond donors (Lipinski definition) is 4. The molecule has 0 bridgehead atoms. The number of aromatic hydroxyl groups is 1. The first kappa shape index (κ1) is 16.0. The molecular formula is C14H20N2O4. The monoisotopic (exact) mass is 280 g/mol. The predicted octanol–water partition coefficient (Wildman–Crippen LogP) is 0.504. The maximum absolute atomic E-state index is 11.6. The molecule has 0 aromatic heterocycles. The summed E-state index contributed by atoms with van der Waals surface area (Å²) in [6.45, 7) is 2.80. The lowest BCUT2D eigenvalue weighted by Crippen LogP contribution is -2.45. The summed E-state index contributed by atoms with van der Waals surface area (Å²) in [5.74, 6) is -1.31. The number of nitrogens with one attached hydrogen (secondary N) is 2. The van der Waals surface area contributed by atoms with Crippen molar-refractivity contribution in [3.8, 4) is 5.75 Å². The summed E-state index contributed by atoms with van der Waals surface area (Å²) in [6.07, 6.45) is 1.08. The van der Waals surface area contributed by atoms with E-state index < -0.39 is 12.0 Å². The van der Waals surface area contributed by atoms with Crippen molar-refractivity contribution >= 4 is 11.9 Å². The Morgan fingerprint density at radius 3 is 2.45 bits per heavy atom. The van der Waals surface area contributed by atoms with Crippen molar-refractivity contribution in [1.29, 1.82) is 0 Å². The molecule has 0 saturated carbocycles. The van der Waals surface area contributed by atoms with Crippen molar-refractivity contribution < 1.29 is 19.8 Å². The molecule has 0 spiro atoms. The van der Waals surface area contributed by atoms with Gasteiger partial charge in [0.15, 0.2) is 0 Å². The van der Waals surface area contributed by atoms with Crippen LogP contribution in [0.15, 0.2) is 24.3 Å². The van der Waals surface area contributed by atoms with Crippen LogP contribution in [-0.4, -0.2) is 41.2 Å². The van der Waals surface area contributed by atoms with Crippen LogP contribution in [0, 0.1) is 0 Å². The van der Waals surface area contributed by atoms with Crippen molar-refractivity contribution in [2.24, 2.45) is 0 Å². The lowest BCUT2D eigenvalue weighted by molar-refractivity contribution is -0.141. The van der Waals surface area contributed by atoms with Crippen LogP contribution >= 0.6 is 0 Å². The highest BCUT2D eigenvalue weighted by atomic mass is 16.4. The third-order valence-electron chi connectivity index (χ3n) is 2.72. The van der Waals surface area contributed by atoms with Gasteiger partial charge >= 0.3 is 5.97 Å². The normalized spacial score (nSPS) is 11.8. The number of rotatable bonds is 8. The molecule has 0 heterocycles. The van der Waals surface area contributed by atoms with E-state index in [0.717, 1.165) is 12.0 Å².